The molecule has 0 spiro atoms. The van der Waals surface area contributed by atoms with Crippen molar-refractivity contribution in [3.05, 3.63) is 0 Å². The van der Waals surface area contributed by atoms with Crippen molar-refractivity contribution >= 4 is 12.4 Å². The molecule has 0 bridgehead atoms. The van der Waals surface area contributed by atoms with Crippen LogP contribution in [0.15, 0.2) is 0 Å². The second-order valence-corrected chi connectivity index (χ2v) is 6.51. The van der Waals surface area contributed by atoms with Gasteiger partial charge in [-0.25, -0.2) is 0 Å². The summed E-state index contributed by atoms with van der Waals surface area (Å²) in [4.78, 5) is 2.42. The first-order chi connectivity index (χ1) is 7.41. The standard InChI is InChI=1S/C13H26N2O.ClH/c1-12(2)9-14-13(3,16-10-12)11-6-5-7-15(4)8-11;/h11,14H,5-10H2,1-4H3;1H. The lowest BCUT2D eigenvalue weighted by Gasteiger charge is -2.48. The summed E-state index contributed by atoms with van der Waals surface area (Å²) >= 11 is 0. The summed E-state index contributed by atoms with van der Waals surface area (Å²) in [6.07, 6.45) is 2.58. The van der Waals surface area contributed by atoms with Gasteiger partial charge in [0.15, 0.2) is 0 Å². The minimum atomic E-state index is -0.107. The smallest absolute Gasteiger partial charge is 0.120 e. The molecule has 0 amide bonds. The molecule has 2 atom stereocenters. The molecule has 0 aromatic rings. The monoisotopic (exact) mass is 262 g/mol. The molecule has 2 unspecified atom stereocenters. The van der Waals surface area contributed by atoms with Crippen LogP contribution in [0.4, 0.5) is 0 Å². The number of nitrogens with one attached hydrogen (secondary N) is 1. The van der Waals surface area contributed by atoms with Crippen LogP contribution in [-0.2, 0) is 4.74 Å². The number of likely N-dealkylation sites (tertiary alicyclic amines) is 1. The zero-order valence-electron chi connectivity index (χ0n) is 11.6. The van der Waals surface area contributed by atoms with Crippen molar-refractivity contribution in [3.63, 3.8) is 0 Å². The lowest BCUT2D eigenvalue weighted by Crippen LogP contribution is -2.62. The molecule has 2 heterocycles. The molecule has 17 heavy (non-hydrogen) atoms. The van der Waals surface area contributed by atoms with Gasteiger partial charge < -0.3 is 9.64 Å². The fraction of sp³-hybridized carbons (Fsp3) is 1.00. The normalized spacial score (nSPS) is 38.5. The van der Waals surface area contributed by atoms with Crippen molar-refractivity contribution in [3.8, 4) is 0 Å². The topological polar surface area (TPSA) is 24.5 Å². The van der Waals surface area contributed by atoms with Crippen molar-refractivity contribution in [2.75, 3.05) is 33.3 Å². The Labute approximate surface area is 112 Å². The molecule has 2 aliphatic heterocycles. The number of nitrogens with zero attached hydrogens (tertiary/aromatic N) is 1. The Kier molecular flexibility index (Phi) is 4.87. The van der Waals surface area contributed by atoms with Gasteiger partial charge in [-0.2, -0.15) is 0 Å². The summed E-state index contributed by atoms with van der Waals surface area (Å²) in [6.45, 7) is 11.1. The van der Waals surface area contributed by atoms with E-state index in [-0.39, 0.29) is 23.5 Å². The first kappa shape index (κ1) is 15.2. The Hall–Kier alpha value is 0.170. The highest BCUT2D eigenvalue weighted by atomic mass is 35.5. The summed E-state index contributed by atoms with van der Waals surface area (Å²) in [6, 6.07) is 0. The Morgan fingerprint density at radius 3 is 2.53 bits per heavy atom. The highest BCUT2D eigenvalue weighted by Gasteiger charge is 2.42. The van der Waals surface area contributed by atoms with E-state index >= 15 is 0 Å². The molecule has 0 saturated carbocycles. The molecule has 2 aliphatic rings. The predicted molar refractivity (Wildman–Crippen MR) is 73.6 cm³/mol. The average molecular weight is 263 g/mol. The van der Waals surface area contributed by atoms with Gasteiger partial charge in [0.2, 0.25) is 0 Å². The van der Waals surface area contributed by atoms with Crippen molar-refractivity contribution in [1.82, 2.24) is 10.2 Å². The quantitative estimate of drug-likeness (QED) is 0.784. The van der Waals surface area contributed by atoms with Crippen LogP contribution in [0.2, 0.25) is 0 Å². The van der Waals surface area contributed by atoms with Gasteiger partial charge in [-0.3, -0.25) is 5.32 Å². The van der Waals surface area contributed by atoms with E-state index in [2.05, 4.69) is 38.0 Å². The van der Waals surface area contributed by atoms with Crippen LogP contribution < -0.4 is 5.32 Å². The maximum atomic E-state index is 6.13. The molecule has 2 rings (SSSR count). The number of halogens is 1. The Balaban J connectivity index is 0.00000144. The molecule has 4 heteroatoms. The molecule has 2 saturated heterocycles. The Morgan fingerprint density at radius 2 is 2.00 bits per heavy atom. The minimum absolute atomic E-state index is 0. The van der Waals surface area contributed by atoms with Crippen molar-refractivity contribution in [2.24, 2.45) is 11.3 Å². The Bertz CT molecular complexity index is 248. The van der Waals surface area contributed by atoms with Gasteiger partial charge in [-0.1, -0.05) is 13.8 Å². The lowest BCUT2D eigenvalue weighted by molar-refractivity contribution is -0.165. The highest BCUT2D eigenvalue weighted by Crippen LogP contribution is 2.33. The fourth-order valence-electron chi connectivity index (χ4n) is 2.74. The summed E-state index contributed by atoms with van der Waals surface area (Å²) in [5.41, 5.74) is 0.171. The van der Waals surface area contributed by atoms with Gasteiger partial charge in [0.1, 0.15) is 5.72 Å². The Morgan fingerprint density at radius 1 is 1.29 bits per heavy atom. The third kappa shape index (κ3) is 3.57. The van der Waals surface area contributed by atoms with E-state index in [1.807, 2.05) is 0 Å². The third-order valence-electron chi connectivity index (χ3n) is 4.08. The van der Waals surface area contributed by atoms with E-state index in [0.717, 1.165) is 19.7 Å². The van der Waals surface area contributed by atoms with Gasteiger partial charge in [0.25, 0.3) is 0 Å². The molecular formula is C13H27ClN2O. The molecule has 2 fully saturated rings. The van der Waals surface area contributed by atoms with Crippen LogP contribution in [0.3, 0.4) is 0 Å². The first-order valence-corrected chi connectivity index (χ1v) is 6.49. The molecule has 0 aromatic heterocycles. The fourth-order valence-corrected chi connectivity index (χ4v) is 2.74. The zero-order valence-corrected chi connectivity index (χ0v) is 12.4. The van der Waals surface area contributed by atoms with Gasteiger partial charge in [-0.15, -0.1) is 12.4 Å². The van der Waals surface area contributed by atoms with E-state index in [9.17, 15) is 0 Å². The summed E-state index contributed by atoms with van der Waals surface area (Å²) in [7, 11) is 2.21. The van der Waals surface area contributed by atoms with Gasteiger partial charge in [0, 0.05) is 24.4 Å². The number of hydrogen-bond donors (Lipinski definition) is 1. The minimum Gasteiger partial charge on any atom is -0.360 e. The van der Waals surface area contributed by atoms with Crippen LogP contribution in [-0.4, -0.2) is 43.9 Å². The maximum Gasteiger partial charge on any atom is 0.120 e. The lowest BCUT2D eigenvalue weighted by atomic mass is 9.84. The first-order valence-electron chi connectivity index (χ1n) is 6.49. The molecule has 0 radical (unpaired) electrons. The van der Waals surface area contributed by atoms with E-state index < -0.39 is 0 Å². The largest absolute Gasteiger partial charge is 0.360 e. The van der Waals surface area contributed by atoms with E-state index in [1.165, 1.54) is 19.4 Å². The number of ether oxygens (including phenoxy) is 1. The van der Waals surface area contributed by atoms with Gasteiger partial charge in [0.05, 0.1) is 6.61 Å². The SMILES string of the molecule is CN1CCCC(C2(C)NCC(C)(C)CO2)C1.Cl. The third-order valence-corrected chi connectivity index (χ3v) is 4.08. The number of rotatable bonds is 1. The van der Waals surface area contributed by atoms with Crippen LogP contribution >= 0.6 is 12.4 Å². The summed E-state index contributed by atoms with van der Waals surface area (Å²) in [5.74, 6) is 0.627. The molecule has 3 nitrogen and oxygen atoms in total. The van der Waals surface area contributed by atoms with E-state index in [1.54, 1.807) is 0 Å². The summed E-state index contributed by atoms with van der Waals surface area (Å²) < 4.78 is 6.13. The predicted octanol–water partition coefficient (Wildman–Crippen LogP) is 2.11. The van der Waals surface area contributed by atoms with E-state index in [0.29, 0.717) is 5.92 Å². The molecule has 0 aliphatic carbocycles. The van der Waals surface area contributed by atoms with Crippen molar-refractivity contribution < 1.29 is 4.74 Å². The zero-order chi connectivity index (χ0) is 11.8. The second-order valence-electron chi connectivity index (χ2n) is 6.51. The highest BCUT2D eigenvalue weighted by molar-refractivity contribution is 5.85. The van der Waals surface area contributed by atoms with Crippen LogP contribution in [0, 0.1) is 11.3 Å². The van der Waals surface area contributed by atoms with Crippen LogP contribution in [0.1, 0.15) is 33.6 Å². The number of hydrogen-bond acceptors (Lipinski definition) is 3. The maximum absolute atomic E-state index is 6.13. The van der Waals surface area contributed by atoms with Crippen molar-refractivity contribution in [2.45, 2.75) is 39.3 Å². The second kappa shape index (κ2) is 5.43. The van der Waals surface area contributed by atoms with Gasteiger partial charge >= 0.3 is 0 Å². The van der Waals surface area contributed by atoms with Crippen LogP contribution in [0.5, 0.6) is 0 Å². The van der Waals surface area contributed by atoms with E-state index in [4.69, 9.17) is 4.74 Å². The summed E-state index contributed by atoms with van der Waals surface area (Å²) in [5, 5.41) is 3.63. The number of piperidine rings is 1. The molecular weight excluding hydrogens is 236 g/mol. The average Bonchev–Trinajstić information content (AvgIpc) is 2.23. The van der Waals surface area contributed by atoms with Gasteiger partial charge in [-0.05, 0) is 33.4 Å². The van der Waals surface area contributed by atoms with Crippen LogP contribution in [0.25, 0.3) is 0 Å². The van der Waals surface area contributed by atoms with Crippen molar-refractivity contribution in [1.29, 1.82) is 0 Å². The molecule has 102 valence electrons. The molecule has 1 N–H and O–H groups in total. The molecule has 0 aromatic carbocycles.